The van der Waals surface area contributed by atoms with Gasteiger partial charge in [0.1, 0.15) is 0 Å². The molecule has 1 fully saturated rings. The van der Waals surface area contributed by atoms with Crippen molar-refractivity contribution in [3.05, 3.63) is 29.8 Å². The minimum Gasteiger partial charge on any atom is -0.339 e. The van der Waals surface area contributed by atoms with Crippen molar-refractivity contribution in [1.29, 1.82) is 0 Å². The molecule has 0 aliphatic carbocycles. The summed E-state index contributed by atoms with van der Waals surface area (Å²) in [4.78, 5) is 31.0. The van der Waals surface area contributed by atoms with Crippen molar-refractivity contribution >= 4 is 42.3 Å². The first-order valence-corrected chi connectivity index (χ1v) is 9.60. The molecule has 0 unspecified atom stereocenters. The number of halogens is 2. The molecule has 2 amide bonds. The quantitative estimate of drug-likeness (QED) is 0.774. The van der Waals surface area contributed by atoms with Crippen LogP contribution in [-0.2, 0) is 16.0 Å². The van der Waals surface area contributed by atoms with Crippen molar-refractivity contribution in [2.45, 2.75) is 32.7 Å². The lowest BCUT2D eigenvalue weighted by atomic mass is 10.0. The van der Waals surface area contributed by atoms with E-state index in [1.165, 1.54) is 5.56 Å². The number of hydrogen-bond donors (Lipinski definition) is 1. The van der Waals surface area contributed by atoms with Crippen LogP contribution in [0, 0.1) is 5.92 Å². The Morgan fingerprint density at radius 2 is 1.68 bits per heavy atom. The van der Waals surface area contributed by atoms with Crippen LogP contribution in [0.15, 0.2) is 24.3 Å². The number of hydrogen-bond acceptors (Lipinski definition) is 4. The van der Waals surface area contributed by atoms with Gasteiger partial charge in [0.2, 0.25) is 11.8 Å². The predicted molar refractivity (Wildman–Crippen MR) is 117 cm³/mol. The van der Waals surface area contributed by atoms with E-state index in [0.29, 0.717) is 32.0 Å². The van der Waals surface area contributed by atoms with Gasteiger partial charge in [-0.05, 0) is 30.4 Å². The number of anilines is 1. The fraction of sp³-hybridized carbons (Fsp3) is 0.600. The molecule has 0 bridgehead atoms. The van der Waals surface area contributed by atoms with E-state index in [0.717, 1.165) is 31.7 Å². The van der Waals surface area contributed by atoms with E-state index in [-0.39, 0.29) is 36.6 Å². The number of nitrogens with zero attached hydrogens (tertiary/aromatic N) is 3. The molecule has 1 aromatic carbocycles. The first-order chi connectivity index (χ1) is 12.5. The normalized spacial score (nSPS) is 17.6. The summed E-state index contributed by atoms with van der Waals surface area (Å²) in [7, 11) is 0. The lowest BCUT2D eigenvalue weighted by Crippen LogP contribution is -2.54. The van der Waals surface area contributed by atoms with Crippen molar-refractivity contribution < 1.29 is 9.59 Å². The second kappa shape index (κ2) is 11.0. The third-order valence-electron chi connectivity index (χ3n) is 5.27. The van der Waals surface area contributed by atoms with E-state index in [4.69, 9.17) is 5.73 Å². The summed E-state index contributed by atoms with van der Waals surface area (Å²) in [5, 5.41) is 0. The maximum absolute atomic E-state index is 12.7. The van der Waals surface area contributed by atoms with Gasteiger partial charge in [-0.25, -0.2) is 0 Å². The van der Waals surface area contributed by atoms with E-state index in [1.54, 1.807) is 0 Å². The van der Waals surface area contributed by atoms with Gasteiger partial charge in [-0.15, -0.1) is 24.8 Å². The molecule has 8 heteroatoms. The highest BCUT2D eigenvalue weighted by atomic mass is 35.5. The van der Waals surface area contributed by atoms with Gasteiger partial charge in [0.15, 0.2) is 0 Å². The molecule has 2 N–H and O–H groups in total. The fourth-order valence-corrected chi connectivity index (χ4v) is 3.84. The third-order valence-corrected chi connectivity index (χ3v) is 5.27. The molecule has 0 aromatic heterocycles. The summed E-state index contributed by atoms with van der Waals surface area (Å²) >= 11 is 0. The first kappa shape index (κ1) is 24.7. The van der Waals surface area contributed by atoms with Gasteiger partial charge in [0, 0.05) is 38.4 Å². The van der Waals surface area contributed by atoms with Crippen LogP contribution >= 0.6 is 24.8 Å². The zero-order valence-corrected chi connectivity index (χ0v) is 18.3. The molecule has 2 aliphatic heterocycles. The number of carbonyl (C=O) groups is 2. The van der Waals surface area contributed by atoms with E-state index in [9.17, 15) is 9.59 Å². The molecule has 1 atom stereocenters. The summed E-state index contributed by atoms with van der Waals surface area (Å²) in [6.07, 6.45) is 1.64. The topological polar surface area (TPSA) is 69.9 Å². The average Bonchev–Trinajstić information content (AvgIpc) is 3.05. The Balaban J connectivity index is 0.00000196. The van der Waals surface area contributed by atoms with Crippen LogP contribution in [0.2, 0.25) is 0 Å². The molecule has 2 aliphatic rings. The zero-order valence-electron chi connectivity index (χ0n) is 16.7. The lowest BCUT2D eigenvalue weighted by molar-refractivity contribution is -0.134. The second-order valence-electron chi connectivity index (χ2n) is 7.76. The molecule has 158 valence electrons. The van der Waals surface area contributed by atoms with Crippen LogP contribution in [0.3, 0.4) is 0 Å². The third kappa shape index (κ3) is 5.83. The molecular weight excluding hydrogens is 399 g/mol. The van der Waals surface area contributed by atoms with Crippen molar-refractivity contribution in [1.82, 2.24) is 9.80 Å². The van der Waals surface area contributed by atoms with E-state index >= 15 is 0 Å². The standard InChI is InChI=1S/C20H30N4O2.2ClH/c1-15(2)13-17(21)20(26)23-11-9-22(10-12-23)14-19(25)24-8-7-16-5-3-4-6-18(16)24;;/h3-6,15,17H,7-14,21H2,1-2H3;2*1H/t17-;;/m0../s1. The SMILES string of the molecule is CC(C)C[C@H](N)C(=O)N1CCN(CC(=O)N2CCc3ccccc32)CC1.Cl.Cl. The molecule has 28 heavy (non-hydrogen) atoms. The van der Waals surface area contributed by atoms with Gasteiger partial charge in [0.25, 0.3) is 0 Å². The van der Waals surface area contributed by atoms with Gasteiger partial charge in [0.05, 0.1) is 12.6 Å². The summed E-state index contributed by atoms with van der Waals surface area (Å²) in [6, 6.07) is 7.70. The van der Waals surface area contributed by atoms with E-state index in [2.05, 4.69) is 24.8 Å². The smallest absolute Gasteiger partial charge is 0.241 e. The number of nitrogens with two attached hydrogens (primary N) is 1. The highest BCUT2D eigenvalue weighted by molar-refractivity contribution is 5.96. The molecule has 0 spiro atoms. The fourth-order valence-electron chi connectivity index (χ4n) is 3.84. The number of benzene rings is 1. The Hall–Kier alpha value is -1.34. The van der Waals surface area contributed by atoms with Crippen molar-refractivity contribution in [3.8, 4) is 0 Å². The Morgan fingerprint density at radius 3 is 2.32 bits per heavy atom. The molecule has 6 nitrogen and oxygen atoms in total. The number of para-hydroxylation sites is 1. The maximum atomic E-state index is 12.7. The first-order valence-electron chi connectivity index (χ1n) is 9.60. The summed E-state index contributed by atoms with van der Waals surface area (Å²) in [6.45, 7) is 8.07. The number of carbonyl (C=O) groups excluding carboxylic acids is 2. The average molecular weight is 431 g/mol. The lowest BCUT2D eigenvalue weighted by Gasteiger charge is -2.36. The summed E-state index contributed by atoms with van der Waals surface area (Å²) in [5.41, 5.74) is 8.32. The van der Waals surface area contributed by atoms with Gasteiger partial charge >= 0.3 is 0 Å². The highest BCUT2D eigenvalue weighted by Gasteiger charge is 2.29. The van der Waals surface area contributed by atoms with Crippen LogP contribution in [0.4, 0.5) is 5.69 Å². The van der Waals surface area contributed by atoms with E-state index < -0.39 is 6.04 Å². The van der Waals surface area contributed by atoms with Crippen LogP contribution in [0.5, 0.6) is 0 Å². The van der Waals surface area contributed by atoms with E-state index in [1.807, 2.05) is 28.0 Å². The van der Waals surface area contributed by atoms with Gasteiger partial charge in [-0.1, -0.05) is 32.0 Å². The minimum atomic E-state index is -0.413. The summed E-state index contributed by atoms with van der Waals surface area (Å²) < 4.78 is 0. The molecule has 0 radical (unpaired) electrons. The second-order valence-corrected chi connectivity index (χ2v) is 7.76. The molecule has 2 heterocycles. The molecule has 3 rings (SSSR count). The number of rotatable bonds is 5. The molecular formula is C20H32Cl2N4O2. The summed E-state index contributed by atoms with van der Waals surface area (Å²) in [5.74, 6) is 0.598. The van der Waals surface area contributed by atoms with Crippen LogP contribution in [0.1, 0.15) is 25.8 Å². The molecule has 0 saturated carbocycles. The molecule has 1 saturated heterocycles. The Labute approximate surface area is 180 Å². The molecule has 1 aromatic rings. The Morgan fingerprint density at radius 1 is 1.04 bits per heavy atom. The van der Waals surface area contributed by atoms with Crippen molar-refractivity contribution in [2.24, 2.45) is 11.7 Å². The number of piperazine rings is 1. The Bertz CT molecular complexity index is 663. The Kier molecular flexibility index (Phi) is 9.70. The zero-order chi connectivity index (χ0) is 18.7. The van der Waals surface area contributed by atoms with Crippen molar-refractivity contribution in [3.63, 3.8) is 0 Å². The van der Waals surface area contributed by atoms with Crippen LogP contribution in [-0.4, -0.2) is 66.9 Å². The van der Waals surface area contributed by atoms with Crippen LogP contribution in [0.25, 0.3) is 0 Å². The predicted octanol–water partition coefficient (Wildman–Crippen LogP) is 1.94. The minimum absolute atomic E-state index is 0. The van der Waals surface area contributed by atoms with Gasteiger partial charge in [-0.2, -0.15) is 0 Å². The monoisotopic (exact) mass is 430 g/mol. The van der Waals surface area contributed by atoms with Crippen LogP contribution < -0.4 is 10.6 Å². The highest BCUT2D eigenvalue weighted by Crippen LogP contribution is 2.27. The largest absolute Gasteiger partial charge is 0.339 e. The van der Waals surface area contributed by atoms with Crippen molar-refractivity contribution in [2.75, 3.05) is 44.2 Å². The van der Waals surface area contributed by atoms with Gasteiger partial charge in [-0.3, -0.25) is 14.5 Å². The maximum Gasteiger partial charge on any atom is 0.241 e. The van der Waals surface area contributed by atoms with Gasteiger partial charge < -0.3 is 15.5 Å². The number of fused-ring (bicyclic) bond motifs is 1. The number of amides is 2.